The molecule has 0 aliphatic heterocycles. The van der Waals surface area contributed by atoms with Crippen molar-refractivity contribution in [1.82, 2.24) is 47.9 Å². The summed E-state index contributed by atoms with van der Waals surface area (Å²) in [5.74, 6) is -7.68. The van der Waals surface area contributed by atoms with Crippen LogP contribution >= 0.6 is 0 Å². The summed E-state index contributed by atoms with van der Waals surface area (Å²) in [5, 5.41) is 52.0. The second-order valence-corrected chi connectivity index (χ2v) is 25.0. The molecule has 0 saturated heterocycles. The number of guanidine groups is 1. The van der Waals surface area contributed by atoms with E-state index in [-0.39, 0.29) is 107 Å². The second kappa shape index (κ2) is 38.5. The number of phenolic OH excluding ortho intramolecular Hbond substituents is 1. The zero-order chi connectivity index (χ0) is 69.7. The van der Waals surface area contributed by atoms with Crippen molar-refractivity contribution < 1.29 is 58.1 Å². The highest BCUT2D eigenvalue weighted by Crippen LogP contribution is 2.44. The van der Waals surface area contributed by atoms with Crippen LogP contribution in [0.5, 0.6) is 5.75 Å². The zero-order valence-electron chi connectivity index (χ0n) is 55.1. The van der Waals surface area contributed by atoms with E-state index < -0.39 is 102 Å². The molecule has 0 radical (unpaired) electrons. The minimum atomic E-state index is -1.42. The van der Waals surface area contributed by atoms with Crippen LogP contribution in [0.1, 0.15) is 120 Å². The largest absolute Gasteiger partial charge is 0.508 e. The maximum Gasteiger partial charge on any atom is 0.407 e. The number of benzene rings is 5. The van der Waals surface area contributed by atoms with Crippen LogP contribution < -0.4 is 65.1 Å². The molecule has 18 N–H and O–H groups in total. The number of phenols is 1. The summed E-state index contributed by atoms with van der Waals surface area (Å²) in [7, 11) is 0. The number of nitrogens with one attached hydrogen (secondary N) is 10. The van der Waals surface area contributed by atoms with Gasteiger partial charge in [0, 0.05) is 25.3 Å². The molecule has 5 aromatic carbocycles. The van der Waals surface area contributed by atoms with Crippen LogP contribution in [0.25, 0.3) is 22.3 Å². The molecule has 25 nitrogen and oxygen atoms in total. The van der Waals surface area contributed by atoms with Crippen LogP contribution in [0.2, 0.25) is 0 Å². The Morgan fingerprint density at radius 3 is 1.38 bits per heavy atom. The van der Waals surface area contributed by atoms with Crippen LogP contribution in [0.3, 0.4) is 0 Å². The number of alkyl carbamates (subject to hydrolysis) is 1. The molecule has 1 aliphatic carbocycles. The molecule has 96 heavy (non-hydrogen) atoms. The van der Waals surface area contributed by atoms with Crippen molar-refractivity contribution >= 4 is 59.4 Å². The first-order valence-electron chi connectivity index (χ1n) is 32.9. The number of aliphatic carboxylic acids is 1. The van der Waals surface area contributed by atoms with Crippen LogP contribution in [0.4, 0.5) is 4.79 Å². The smallest absolute Gasteiger partial charge is 0.407 e. The Balaban J connectivity index is 1.20. The number of amides is 8. The van der Waals surface area contributed by atoms with E-state index >= 15 is 0 Å². The van der Waals surface area contributed by atoms with Gasteiger partial charge in [0.1, 0.15) is 61.2 Å². The summed E-state index contributed by atoms with van der Waals surface area (Å²) in [4.78, 5) is 127. The van der Waals surface area contributed by atoms with Crippen molar-refractivity contribution in [1.29, 1.82) is 5.41 Å². The molecular formula is C71H95N13O12. The maximum absolute atomic E-state index is 15.0. The first-order valence-corrected chi connectivity index (χ1v) is 32.9. The molecule has 25 heteroatoms. The highest BCUT2D eigenvalue weighted by Gasteiger charge is 2.36. The number of hydrogen-bond acceptors (Lipinski definition) is 14. The maximum atomic E-state index is 15.0. The Kier molecular flexibility index (Phi) is 30.1. The fraction of sp³-hybridized carbons (Fsp3) is 0.437. The SMILES string of the molecule is CC(C)C[C@H](NC(=O)CNC(=O)OCC1c2ccccc2-c2ccccc21)C(=O)N[C@@H](Cc1ccc(-c2ccccc2)cc1)C(=O)N[C@@H](CCCCN)C(=O)N[C@@H](CCCNC(=N)N)C(=O)N[C@@H](CC(C)C)C(=O)N[C@@H](CCCCN)C(=O)N[C@@H](Cc1ccc(O)cc1)C(=O)O. The molecule has 5 aromatic rings. The number of ether oxygens (including phenoxy) is 1. The van der Waals surface area contributed by atoms with E-state index in [9.17, 15) is 53.4 Å². The van der Waals surface area contributed by atoms with Gasteiger partial charge in [-0.15, -0.1) is 0 Å². The number of carboxylic acids is 1. The van der Waals surface area contributed by atoms with E-state index in [1.165, 1.54) is 24.3 Å². The molecule has 0 saturated carbocycles. The molecule has 0 bridgehead atoms. The third-order valence-corrected chi connectivity index (χ3v) is 16.3. The van der Waals surface area contributed by atoms with Gasteiger partial charge in [0.2, 0.25) is 41.4 Å². The predicted molar refractivity (Wildman–Crippen MR) is 365 cm³/mol. The molecule has 0 spiro atoms. The third-order valence-electron chi connectivity index (χ3n) is 16.3. The third kappa shape index (κ3) is 24.2. The first kappa shape index (κ1) is 75.2. The number of carbonyl (C=O) groups excluding carboxylic acids is 8. The Labute approximate surface area is 560 Å². The molecule has 6 rings (SSSR count). The lowest BCUT2D eigenvalue weighted by Gasteiger charge is -2.28. The Hall–Kier alpha value is -9.88. The van der Waals surface area contributed by atoms with Crippen molar-refractivity contribution in [2.24, 2.45) is 29.0 Å². The predicted octanol–water partition coefficient (Wildman–Crippen LogP) is 4.47. The van der Waals surface area contributed by atoms with Gasteiger partial charge in [-0.3, -0.25) is 39.0 Å². The van der Waals surface area contributed by atoms with E-state index in [1.807, 2.05) is 131 Å². The van der Waals surface area contributed by atoms with Crippen molar-refractivity contribution in [3.05, 3.63) is 150 Å². The van der Waals surface area contributed by atoms with E-state index in [1.54, 1.807) is 0 Å². The van der Waals surface area contributed by atoms with E-state index in [0.29, 0.717) is 36.8 Å². The number of carbonyl (C=O) groups is 9. The highest BCUT2D eigenvalue weighted by molar-refractivity contribution is 5.98. The summed E-state index contributed by atoms with van der Waals surface area (Å²) in [6, 6.07) is 29.3. The van der Waals surface area contributed by atoms with Gasteiger partial charge in [-0.25, -0.2) is 9.59 Å². The molecule has 0 unspecified atom stereocenters. The van der Waals surface area contributed by atoms with E-state index in [2.05, 4.69) is 47.9 Å². The minimum absolute atomic E-state index is 0.0109. The number of unbranched alkanes of at least 4 members (excludes halogenated alkanes) is 2. The van der Waals surface area contributed by atoms with Crippen LogP contribution in [-0.4, -0.2) is 145 Å². The molecular weight excluding hydrogens is 1230 g/mol. The number of hydrogen-bond donors (Lipinski definition) is 15. The number of carboxylic acid groups (broad SMARTS) is 1. The number of nitrogens with two attached hydrogens (primary N) is 3. The topological polar surface area (TPSA) is 413 Å². The summed E-state index contributed by atoms with van der Waals surface area (Å²) in [6.45, 7) is 7.42. The summed E-state index contributed by atoms with van der Waals surface area (Å²) in [5.41, 5.74) is 24.4. The molecule has 0 heterocycles. The molecule has 0 fully saturated rings. The molecule has 8 amide bonds. The number of rotatable bonds is 39. The van der Waals surface area contributed by atoms with Gasteiger partial charge >= 0.3 is 12.1 Å². The Bertz CT molecular complexity index is 3360. The standard InChI is InChI=1S/C71H95N13O12/c1-43(2)37-58(78-62(86)41-77-71(95)96-42-54-52-21-10-8-19-50(52)51-20-9-11-22-53(51)54)66(90)83-60(39-45-26-30-48(31-27-45)47-17-6-5-7-18-47)68(92)81-55(23-12-14-34-72)63(87)79-57(25-16-36-76-70(74)75)64(88)82-59(38-44(3)4)67(91)80-56(24-13-15-35-73)65(89)84-61(69(93)94)40-46-28-32-49(85)33-29-46/h5-11,17-22,26-33,43-44,54-61,85H,12-16,23-25,34-42,72-73H2,1-4H3,(H,77,95)(H,78,86)(H,79,87)(H,80,91)(H,81,92)(H,82,88)(H,83,90)(H,84,89)(H,93,94)(H4,74,75,76)/t55-,56-,57-,58-,59-,60-,61-/m0/s1. The lowest BCUT2D eigenvalue weighted by Crippen LogP contribution is -2.60. The van der Waals surface area contributed by atoms with Gasteiger partial charge in [-0.1, -0.05) is 143 Å². The van der Waals surface area contributed by atoms with Crippen molar-refractivity contribution in [3.63, 3.8) is 0 Å². The van der Waals surface area contributed by atoms with Crippen LogP contribution in [0.15, 0.2) is 127 Å². The molecule has 0 aromatic heterocycles. The fourth-order valence-electron chi connectivity index (χ4n) is 11.4. The number of fused-ring (bicyclic) bond motifs is 3. The van der Waals surface area contributed by atoms with Crippen LogP contribution in [-0.2, 0) is 55.9 Å². The Morgan fingerprint density at radius 2 is 0.885 bits per heavy atom. The summed E-state index contributed by atoms with van der Waals surface area (Å²) in [6.07, 6.45) is 0.911. The Morgan fingerprint density at radius 1 is 0.479 bits per heavy atom. The van der Waals surface area contributed by atoms with Crippen molar-refractivity contribution in [2.45, 2.75) is 153 Å². The fourth-order valence-corrected chi connectivity index (χ4v) is 11.4. The van der Waals surface area contributed by atoms with Gasteiger partial charge in [-0.2, -0.15) is 0 Å². The molecule has 7 atom stereocenters. The van der Waals surface area contributed by atoms with Crippen LogP contribution in [0, 0.1) is 17.2 Å². The molecule has 1 aliphatic rings. The van der Waals surface area contributed by atoms with Gasteiger partial charge in [0.25, 0.3) is 0 Å². The van der Waals surface area contributed by atoms with Gasteiger partial charge in [0.05, 0.1) is 0 Å². The van der Waals surface area contributed by atoms with Gasteiger partial charge in [-0.05, 0) is 146 Å². The second-order valence-electron chi connectivity index (χ2n) is 25.0. The summed E-state index contributed by atoms with van der Waals surface area (Å²) >= 11 is 0. The zero-order valence-corrected chi connectivity index (χ0v) is 55.1. The van der Waals surface area contributed by atoms with Crippen molar-refractivity contribution in [3.8, 4) is 28.0 Å². The monoisotopic (exact) mass is 1320 g/mol. The van der Waals surface area contributed by atoms with Gasteiger partial charge in [0.15, 0.2) is 5.96 Å². The number of aromatic hydroxyl groups is 1. The lowest BCUT2D eigenvalue weighted by molar-refractivity contribution is -0.142. The van der Waals surface area contributed by atoms with Crippen molar-refractivity contribution in [2.75, 3.05) is 32.8 Å². The molecule has 516 valence electrons. The average molecular weight is 1320 g/mol. The highest BCUT2D eigenvalue weighted by atomic mass is 16.5. The van der Waals surface area contributed by atoms with Gasteiger partial charge < -0.3 is 80.0 Å². The van der Waals surface area contributed by atoms with E-state index in [0.717, 1.165) is 33.4 Å². The average Bonchev–Trinajstić information content (AvgIpc) is 1.62. The summed E-state index contributed by atoms with van der Waals surface area (Å²) < 4.78 is 5.64. The van der Waals surface area contributed by atoms with E-state index in [4.69, 9.17) is 27.3 Å². The lowest BCUT2D eigenvalue weighted by atomic mass is 9.98. The normalized spacial score (nSPS) is 13.8. The minimum Gasteiger partial charge on any atom is -0.508 e. The first-order chi connectivity index (χ1) is 46.0. The quantitative estimate of drug-likeness (QED) is 0.0147.